The number of carbonyl (C=O) groups excluding carboxylic acids is 1. The average Bonchev–Trinajstić information content (AvgIpc) is 2.45. The number of aromatic carboxylic acids is 1. The van der Waals surface area contributed by atoms with E-state index < -0.39 is 11.9 Å². The molecule has 0 spiro atoms. The van der Waals surface area contributed by atoms with Gasteiger partial charge in [-0.05, 0) is 30.2 Å². The van der Waals surface area contributed by atoms with E-state index in [2.05, 4.69) is 0 Å². The second kappa shape index (κ2) is 5.74. The Bertz CT molecular complexity index is 661. The zero-order valence-electron chi connectivity index (χ0n) is 11.4. The van der Waals surface area contributed by atoms with Crippen LogP contribution >= 0.6 is 0 Å². The predicted octanol–water partition coefficient (Wildman–Crippen LogP) is 3.49. The molecule has 0 aromatic heterocycles. The highest BCUT2D eigenvalue weighted by atomic mass is 16.5. The quantitative estimate of drug-likeness (QED) is 0.865. The minimum atomic E-state index is -1.13. The van der Waals surface area contributed by atoms with Gasteiger partial charge in [-0.1, -0.05) is 37.3 Å². The van der Waals surface area contributed by atoms with Crippen molar-refractivity contribution in [2.75, 3.05) is 0 Å². The number of hydrogen-bond donors (Lipinski definition) is 1. The van der Waals surface area contributed by atoms with Gasteiger partial charge in [-0.2, -0.15) is 0 Å². The standard InChI is InChI=1S/C16H16O4/c1-3-10(2)20-16(19)14-12-7-5-4-6-11(12)8-9-13(14)15(17)18/h4-10H,3H2,1-2H3,(H,17,18). The van der Waals surface area contributed by atoms with E-state index in [4.69, 9.17) is 4.74 Å². The first kappa shape index (κ1) is 14.1. The van der Waals surface area contributed by atoms with Crippen LogP contribution in [0.1, 0.15) is 41.0 Å². The molecule has 2 aromatic rings. The van der Waals surface area contributed by atoms with Gasteiger partial charge in [0.05, 0.1) is 17.2 Å². The van der Waals surface area contributed by atoms with Crippen LogP contribution in [-0.2, 0) is 4.74 Å². The van der Waals surface area contributed by atoms with Crippen LogP contribution in [-0.4, -0.2) is 23.1 Å². The van der Waals surface area contributed by atoms with Crippen LogP contribution in [0, 0.1) is 0 Å². The number of carbonyl (C=O) groups is 2. The summed E-state index contributed by atoms with van der Waals surface area (Å²) in [6, 6.07) is 10.3. The van der Waals surface area contributed by atoms with E-state index in [1.807, 2.05) is 19.1 Å². The topological polar surface area (TPSA) is 63.6 Å². The number of ether oxygens (including phenoxy) is 1. The molecular formula is C16H16O4. The maximum absolute atomic E-state index is 12.3. The van der Waals surface area contributed by atoms with E-state index in [1.54, 1.807) is 25.1 Å². The normalized spacial score (nSPS) is 12.1. The van der Waals surface area contributed by atoms with Crippen LogP contribution in [0.25, 0.3) is 10.8 Å². The fourth-order valence-electron chi connectivity index (χ4n) is 1.99. The van der Waals surface area contributed by atoms with Gasteiger partial charge in [-0.15, -0.1) is 0 Å². The minimum Gasteiger partial charge on any atom is -0.478 e. The summed E-state index contributed by atoms with van der Waals surface area (Å²) in [6.07, 6.45) is 0.432. The van der Waals surface area contributed by atoms with E-state index >= 15 is 0 Å². The molecule has 0 heterocycles. The molecule has 0 aliphatic rings. The molecule has 1 atom stereocenters. The molecule has 0 aliphatic heterocycles. The second-order valence-corrected chi connectivity index (χ2v) is 4.64. The number of carboxylic acids is 1. The maximum atomic E-state index is 12.3. The van der Waals surface area contributed by atoms with E-state index in [0.717, 1.165) is 5.39 Å². The van der Waals surface area contributed by atoms with Gasteiger partial charge in [0, 0.05) is 0 Å². The van der Waals surface area contributed by atoms with Gasteiger partial charge >= 0.3 is 11.9 Å². The molecule has 104 valence electrons. The summed E-state index contributed by atoms with van der Waals surface area (Å²) in [5, 5.41) is 10.7. The van der Waals surface area contributed by atoms with Crippen LogP contribution in [0.4, 0.5) is 0 Å². The summed E-state index contributed by atoms with van der Waals surface area (Å²) in [5.74, 6) is -1.72. The van der Waals surface area contributed by atoms with Gasteiger partial charge in [0.15, 0.2) is 0 Å². The first-order valence-electron chi connectivity index (χ1n) is 6.50. The summed E-state index contributed by atoms with van der Waals surface area (Å²) in [6.45, 7) is 3.68. The lowest BCUT2D eigenvalue weighted by Gasteiger charge is -2.14. The van der Waals surface area contributed by atoms with Crippen LogP contribution in [0.5, 0.6) is 0 Å². The summed E-state index contributed by atoms with van der Waals surface area (Å²) in [7, 11) is 0. The van der Waals surface area contributed by atoms with Gasteiger partial charge in [-0.3, -0.25) is 0 Å². The van der Waals surface area contributed by atoms with Crippen LogP contribution in [0.2, 0.25) is 0 Å². The van der Waals surface area contributed by atoms with Gasteiger partial charge in [0.2, 0.25) is 0 Å². The molecule has 20 heavy (non-hydrogen) atoms. The Balaban J connectivity index is 2.60. The maximum Gasteiger partial charge on any atom is 0.339 e. The largest absolute Gasteiger partial charge is 0.478 e. The Hall–Kier alpha value is -2.36. The van der Waals surface area contributed by atoms with Crippen LogP contribution in [0.3, 0.4) is 0 Å². The second-order valence-electron chi connectivity index (χ2n) is 4.64. The molecule has 4 nitrogen and oxygen atoms in total. The van der Waals surface area contributed by atoms with E-state index in [-0.39, 0.29) is 17.2 Å². The number of fused-ring (bicyclic) bond motifs is 1. The smallest absolute Gasteiger partial charge is 0.339 e. The highest BCUT2D eigenvalue weighted by molar-refractivity contribution is 6.12. The number of esters is 1. The van der Waals surface area contributed by atoms with Crippen molar-refractivity contribution >= 4 is 22.7 Å². The molecule has 4 heteroatoms. The molecule has 0 saturated carbocycles. The molecule has 1 unspecified atom stereocenters. The zero-order chi connectivity index (χ0) is 14.7. The van der Waals surface area contributed by atoms with Crippen molar-refractivity contribution < 1.29 is 19.4 Å². The monoisotopic (exact) mass is 272 g/mol. The third kappa shape index (κ3) is 2.64. The first-order valence-corrected chi connectivity index (χ1v) is 6.50. The van der Waals surface area contributed by atoms with Gasteiger partial charge < -0.3 is 9.84 Å². The average molecular weight is 272 g/mol. The molecule has 2 aromatic carbocycles. The van der Waals surface area contributed by atoms with Crippen molar-refractivity contribution in [3.05, 3.63) is 47.5 Å². The summed E-state index contributed by atoms with van der Waals surface area (Å²) in [4.78, 5) is 23.6. The molecule has 0 amide bonds. The lowest BCUT2D eigenvalue weighted by Crippen LogP contribution is -2.17. The summed E-state index contributed by atoms with van der Waals surface area (Å²) < 4.78 is 5.28. The van der Waals surface area contributed by atoms with Crippen molar-refractivity contribution in [3.63, 3.8) is 0 Å². The number of rotatable bonds is 4. The SMILES string of the molecule is CCC(C)OC(=O)c1c(C(=O)O)ccc2ccccc12. The van der Waals surface area contributed by atoms with Gasteiger partial charge in [-0.25, -0.2) is 9.59 Å². The number of benzene rings is 2. The Labute approximate surface area is 117 Å². The Morgan fingerprint density at radius 3 is 2.55 bits per heavy atom. The third-order valence-electron chi connectivity index (χ3n) is 3.25. The molecule has 0 radical (unpaired) electrons. The van der Waals surface area contributed by atoms with Crippen molar-refractivity contribution in [1.29, 1.82) is 0 Å². The van der Waals surface area contributed by atoms with Crippen molar-refractivity contribution in [1.82, 2.24) is 0 Å². The summed E-state index contributed by atoms with van der Waals surface area (Å²) in [5.41, 5.74) is 0.0907. The van der Waals surface area contributed by atoms with Gasteiger partial charge in [0.1, 0.15) is 0 Å². The molecular weight excluding hydrogens is 256 g/mol. The summed E-state index contributed by atoms with van der Waals surface area (Å²) >= 11 is 0. The van der Waals surface area contributed by atoms with E-state index in [1.165, 1.54) is 6.07 Å². The first-order chi connectivity index (χ1) is 9.54. The van der Waals surface area contributed by atoms with Gasteiger partial charge in [0.25, 0.3) is 0 Å². The van der Waals surface area contributed by atoms with Crippen molar-refractivity contribution in [3.8, 4) is 0 Å². The Kier molecular flexibility index (Phi) is 4.03. The van der Waals surface area contributed by atoms with Crippen molar-refractivity contribution in [2.24, 2.45) is 0 Å². The van der Waals surface area contributed by atoms with Crippen molar-refractivity contribution in [2.45, 2.75) is 26.4 Å². The Morgan fingerprint density at radius 2 is 1.90 bits per heavy atom. The van der Waals surface area contributed by atoms with Crippen LogP contribution < -0.4 is 0 Å². The molecule has 2 rings (SSSR count). The van der Waals surface area contributed by atoms with E-state index in [0.29, 0.717) is 11.8 Å². The molecule has 0 saturated heterocycles. The molecule has 0 bridgehead atoms. The predicted molar refractivity (Wildman–Crippen MR) is 76.1 cm³/mol. The molecule has 1 N–H and O–H groups in total. The van der Waals surface area contributed by atoms with E-state index in [9.17, 15) is 14.7 Å². The fraction of sp³-hybridized carbons (Fsp3) is 0.250. The lowest BCUT2D eigenvalue weighted by molar-refractivity contribution is 0.0331. The Morgan fingerprint density at radius 1 is 1.20 bits per heavy atom. The third-order valence-corrected chi connectivity index (χ3v) is 3.25. The highest BCUT2D eigenvalue weighted by Gasteiger charge is 2.22. The molecule has 0 aliphatic carbocycles. The molecule has 0 fully saturated rings. The number of carboxylic acid groups (broad SMARTS) is 1. The minimum absolute atomic E-state index is 0.0306. The lowest BCUT2D eigenvalue weighted by atomic mass is 9.99. The number of hydrogen-bond acceptors (Lipinski definition) is 3. The zero-order valence-corrected chi connectivity index (χ0v) is 11.4. The fourth-order valence-corrected chi connectivity index (χ4v) is 1.99. The van der Waals surface area contributed by atoms with Crippen LogP contribution in [0.15, 0.2) is 36.4 Å². The highest BCUT2D eigenvalue weighted by Crippen LogP contribution is 2.24.